The van der Waals surface area contributed by atoms with Gasteiger partial charge in [-0.15, -0.1) is 11.8 Å². The summed E-state index contributed by atoms with van der Waals surface area (Å²) in [4.78, 5) is 19.5. The van der Waals surface area contributed by atoms with E-state index in [1.54, 1.807) is 18.9 Å². The van der Waals surface area contributed by atoms with E-state index in [4.69, 9.17) is 24.5 Å². The predicted octanol–water partition coefficient (Wildman–Crippen LogP) is 2.91. The molecule has 0 unspecified atom stereocenters. The van der Waals surface area contributed by atoms with Crippen LogP contribution in [0.5, 0.6) is 5.75 Å². The first-order chi connectivity index (χ1) is 12.5. The maximum atomic E-state index is 9.10. The smallest absolute Gasteiger partial charge is 0.414 e. The number of methoxy groups -OCH3 is 1. The Morgan fingerprint density at radius 2 is 1.50 bits per heavy atom. The Balaban J connectivity index is 0.000000487. The molecule has 26 heavy (non-hydrogen) atoms. The molecule has 0 aliphatic carbocycles. The van der Waals surface area contributed by atoms with Crippen molar-refractivity contribution in [2.75, 3.05) is 19.9 Å². The first-order valence-corrected chi connectivity index (χ1v) is 9.11. The number of thioether (sulfide) groups is 1. The zero-order chi connectivity index (χ0) is 19.4. The van der Waals surface area contributed by atoms with Crippen molar-refractivity contribution in [1.29, 1.82) is 0 Å². The van der Waals surface area contributed by atoms with E-state index in [1.807, 2.05) is 12.1 Å². The molecular weight excluding hydrogens is 354 g/mol. The summed E-state index contributed by atoms with van der Waals surface area (Å²) in [6.07, 6.45) is 3.13. The van der Waals surface area contributed by atoms with Crippen molar-refractivity contribution in [3.63, 3.8) is 0 Å². The van der Waals surface area contributed by atoms with Gasteiger partial charge in [-0.2, -0.15) is 0 Å². The fraction of sp³-hybridized carbons (Fsp3) is 0.263. The molecule has 0 saturated carbocycles. The normalized spacial score (nSPS) is 9.77. The third-order valence-corrected chi connectivity index (χ3v) is 4.16. The summed E-state index contributed by atoms with van der Waals surface area (Å²) in [6, 6.07) is 17.0. The number of benzene rings is 2. The van der Waals surface area contributed by atoms with Gasteiger partial charge in [0.1, 0.15) is 5.75 Å². The van der Waals surface area contributed by atoms with Crippen LogP contribution in [-0.4, -0.2) is 42.1 Å². The molecule has 2 rings (SSSR count). The Morgan fingerprint density at radius 3 is 1.96 bits per heavy atom. The average Bonchev–Trinajstić information content (AvgIpc) is 2.66. The molecule has 0 atom stereocenters. The number of rotatable bonds is 7. The monoisotopic (exact) mass is 377 g/mol. The fourth-order valence-corrected chi connectivity index (χ4v) is 2.41. The van der Waals surface area contributed by atoms with Crippen LogP contribution in [0.4, 0.5) is 0 Å². The maximum absolute atomic E-state index is 9.10. The summed E-state index contributed by atoms with van der Waals surface area (Å²) < 4.78 is 5.15. The number of nitrogens with one attached hydrogen (secondary N) is 1. The second-order valence-corrected chi connectivity index (χ2v) is 6.11. The van der Waals surface area contributed by atoms with Gasteiger partial charge in [-0.25, -0.2) is 9.59 Å². The highest BCUT2D eigenvalue weighted by molar-refractivity contribution is 7.98. The van der Waals surface area contributed by atoms with Gasteiger partial charge in [0, 0.05) is 11.4 Å². The summed E-state index contributed by atoms with van der Waals surface area (Å²) in [6.45, 7) is 1.90. The molecule has 2 aromatic carbocycles. The number of carbonyl (C=O) groups is 2. The lowest BCUT2D eigenvalue weighted by atomic mass is 10.1. The summed E-state index contributed by atoms with van der Waals surface area (Å²) in [5.74, 6) is -2.74. The van der Waals surface area contributed by atoms with Gasteiger partial charge in [-0.05, 0) is 54.6 Å². The van der Waals surface area contributed by atoms with Gasteiger partial charge >= 0.3 is 11.9 Å². The standard InChI is InChI=1S/C17H21NOS.C2H2O4/c1-19-16-7-3-14(4-8-16)11-12-18-13-15-5-9-17(20-2)10-6-15;3-1(4)2(5)6/h3-10,18H,11-13H2,1-2H3;(H,3,4)(H,5,6). The quantitative estimate of drug-likeness (QED) is 0.388. The van der Waals surface area contributed by atoms with Crippen LogP contribution < -0.4 is 10.1 Å². The fourth-order valence-electron chi connectivity index (χ4n) is 2.00. The predicted molar refractivity (Wildman–Crippen MR) is 102 cm³/mol. The third-order valence-electron chi connectivity index (χ3n) is 3.42. The van der Waals surface area contributed by atoms with Crippen LogP contribution in [-0.2, 0) is 22.6 Å². The maximum Gasteiger partial charge on any atom is 0.414 e. The van der Waals surface area contributed by atoms with Gasteiger partial charge in [0.2, 0.25) is 0 Å². The lowest BCUT2D eigenvalue weighted by Gasteiger charge is -2.06. The van der Waals surface area contributed by atoms with Gasteiger partial charge in [0.05, 0.1) is 7.11 Å². The minimum atomic E-state index is -1.82. The second kappa shape index (κ2) is 11.9. The third kappa shape index (κ3) is 8.55. The first kappa shape index (κ1) is 21.5. The molecule has 0 heterocycles. The summed E-state index contributed by atoms with van der Waals surface area (Å²) >= 11 is 1.78. The lowest BCUT2D eigenvalue weighted by Crippen LogP contribution is -2.16. The molecule has 0 saturated heterocycles. The zero-order valence-electron chi connectivity index (χ0n) is 14.8. The Labute approximate surface area is 157 Å². The topological polar surface area (TPSA) is 95.9 Å². The average molecular weight is 377 g/mol. The number of hydrogen-bond donors (Lipinski definition) is 3. The molecule has 0 radical (unpaired) electrons. The van der Waals surface area contributed by atoms with Crippen molar-refractivity contribution in [2.24, 2.45) is 0 Å². The summed E-state index contributed by atoms with van der Waals surface area (Å²) in [7, 11) is 1.69. The summed E-state index contributed by atoms with van der Waals surface area (Å²) in [5, 5.41) is 18.3. The molecule has 0 fully saturated rings. The highest BCUT2D eigenvalue weighted by atomic mass is 32.2. The molecule has 0 aliphatic rings. The molecule has 0 spiro atoms. The highest BCUT2D eigenvalue weighted by Crippen LogP contribution is 2.15. The van der Waals surface area contributed by atoms with Crippen molar-refractivity contribution in [3.8, 4) is 5.75 Å². The minimum Gasteiger partial charge on any atom is -0.497 e. The van der Waals surface area contributed by atoms with E-state index in [0.29, 0.717) is 0 Å². The molecule has 0 bridgehead atoms. The largest absolute Gasteiger partial charge is 0.497 e. The Hall–Kier alpha value is -2.51. The Bertz CT molecular complexity index is 625. The van der Waals surface area contributed by atoms with Crippen LogP contribution in [0.15, 0.2) is 53.4 Å². The number of carboxylic acid groups (broad SMARTS) is 2. The molecule has 140 valence electrons. The van der Waals surface area contributed by atoms with Crippen LogP contribution in [0.3, 0.4) is 0 Å². The molecule has 0 aliphatic heterocycles. The van der Waals surface area contributed by atoms with E-state index in [2.05, 4.69) is 48.0 Å². The Kier molecular flexibility index (Phi) is 9.89. The number of carboxylic acids is 2. The van der Waals surface area contributed by atoms with E-state index in [9.17, 15) is 0 Å². The van der Waals surface area contributed by atoms with E-state index >= 15 is 0 Å². The van der Waals surface area contributed by atoms with Crippen LogP contribution in [0.1, 0.15) is 11.1 Å². The van der Waals surface area contributed by atoms with Crippen LogP contribution in [0, 0.1) is 0 Å². The van der Waals surface area contributed by atoms with Crippen LogP contribution in [0.2, 0.25) is 0 Å². The summed E-state index contributed by atoms with van der Waals surface area (Å²) in [5.41, 5.74) is 2.66. The number of aliphatic carboxylic acids is 2. The van der Waals surface area contributed by atoms with Crippen molar-refractivity contribution in [3.05, 3.63) is 59.7 Å². The lowest BCUT2D eigenvalue weighted by molar-refractivity contribution is -0.159. The van der Waals surface area contributed by atoms with Gasteiger partial charge in [-0.3, -0.25) is 0 Å². The van der Waals surface area contributed by atoms with Crippen LogP contribution in [0.25, 0.3) is 0 Å². The molecule has 0 aromatic heterocycles. The SMILES string of the molecule is COc1ccc(CCNCc2ccc(SC)cc2)cc1.O=C(O)C(=O)O. The second-order valence-electron chi connectivity index (χ2n) is 5.23. The van der Waals surface area contributed by atoms with Crippen molar-refractivity contribution in [1.82, 2.24) is 5.32 Å². The van der Waals surface area contributed by atoms with Crippen molar-refractivity contribution in [2.45, 2.75) is 17.9 Å². The molecule has 3 N–H and O–H groups in total. The van der Waals surface area contributed by atoms with Gasteiger partial charge in [0.25, 0.3) is 0 Å². The molecule has 6 nitrogen and oxygen atoms in total. The van der Waals surface area contributed by atoms with E-state index in [0.717, 1.165) is 25.3 Å². The number of hydrogen-bond acceptors (Lipinski definition) is 5. The molecule has 0 amide bonds. The molecular formula is C19H23NO5S. The Morgan fingerprint density at radius 1 is 0.962 bits per heavy atom. The molecule has 2 aromatic rings. The molecule has 7 heteroatoms. The van der Waals surface area contributed by atoms with E-state index in [-0.39, 0.29) is 0 Å². The minimum absolute atomic E-state index is 0.913. The van der Waals surface area contributed by atoms with Crippen LogP contribution >= 0.6 is 11.8 Å². The van der Waals surface area contributed by atoms with Gasteiger partial charge < -0.3 is 20.3 Å². The van der Waals surface area contributed by atoms with E-state index < -0.39 is 11.9 Å². The highest BCUT2D eigenvalue weighted by Gasteiger charge is 2.04. The van der Waals surface area contributed by atoms with Gasteiger partial charge in [0.15, 0.2) is 0 Å². The van der Waals surface area contributed by atoms with Crippen molar-refractivity contribution >= 4 is 23.7 Å². The first-order valence-electron chi connectivity index (χ1n) is 7.89. The zero-order valence-corrected chi connectivity index (χ0v) is 15.6. The number of ether oxygens (including phenoxy) is 1. The van der Waals surface area contributed by atoms with E-state index in [1.165, 1.54) is 16.0 Å². The van der Waals surface area contributed by atoms with Crippen molar-refractivity contribution < 1.29 is 24.5 Å². The van der Waals surface area contributed by atoms with Gasteiger partial charge in [-0.1, -0.05) is 24.3 Å².